The van der Waals surface area contributed by atoms with Gasteiger partial charge in [-0.25, -0.2) is 9.59 Å². The summed E-state index contributed by atoms with van der Waals surface area (Å²) in [5.74, 6) is -2.47. The quantitative estimate of drug-likeness (QED) is 0.712. The first-order chi connectivity index (χ1) is 9.59. The molecule has 1 aromatic rings. The van der Waals surface area contributed by atoms with Crippen LogP contribution < -0.4 is 5.32 Å². The fourth-order valence-corrected chi connectivity index (χ4v) is 1.64. The topological polar surface area (TPSA) is 99.0 Å². The van der Waals surface area contributed by atoms with E-state index in [9.17, 15) is 0 Å². The van der Waals surface area contributed by atoms with Gasteiger partial charge in [0.2, 0.25) is 0 Å². The number of nitrogens with one attached hydrogen (secondary N) is 1. The first-order valence-electron chi connectivity index (χ1n) is 6.37. The third-order valence-corrected chi connectivity index (χ3v) is 2.65. The normalized spacial score (nSPS) is 13.5. The Kier molecular flexibility index (Phi) is 6.81. The Morgan fingerprint density at radius 3 is 2.25 bits per heavy atom. The van der Waals surface area contributed by atoms with Crippen molar-refractivity contribution in [1.82, 2.24) is 5.32 Å². The number of amidine groups is 1. The number of rotatable bonds is 2. The lowest BCUT2D eigenvalue weighted by molar-refractivity contribution is -0.159. The number of carboxylic acid groups (broad SMARTS) is 2. The molecule has 1 aliphatic heterocycles. The number of hydrogen-bond acceptors (Lipinski definition) is 4. The summed E-state index contributed by atoms with van der Waals surface area (Å²) >= 11 is 0. The Bertz CT molecular complexity index is 459. The maximum Gasteiger partial charge on any atom is 0.414 e. The van der Waals surface area contributed by atoms with Crippen LogP contribution in [0.3, 0.4) is 0 Å². The highest BCUT2D eigenvalue weighted by molar-refractivity contribution is 6.27. The third kappa shape index (κ3) is 6.53. The molecule has 0 bridgehead atoms. The van der Waals surface area contributed by atoms with Crippen molar-refractivity contribution >= 4 is 17.8 Å². The molecule has 108 valence electrons. The lowest BCUT2D eigenvalue weighted by atomic mass is 10.1. The van der Waals surface area contributed by atoms with Crippen LogP contribution >= 0.6 is 0 Å². The maximum absolute atomic E-state index is 9.10. The summed E-state index contributed by atoms with van der Waals surface area (Å²) in [5, 5.41) is 18.2. The Balaban J connectivity index is 0.000000286. The molecule has 1 aromatic carbocycles. The van der Waals surface area contributed by atoms with Gasteiger partial charge in [0.05, 0.1) is 5.84 Å². The van der Waals surface area contributed by atoms with Crippen molar-refractivity contribution in [1.29, 1.82) is 0 Å². The minimum absolute atomic E-state index is 0.902. The molecule has 0 unspecified atom stereocenters. The molecule has 0 fully saturated rings. The van der Waals surface area contributed by atoms with E-state index in [1.807, 2.05) is 6.07 Å². The van der Waals surface area contributed by atoms with E-state index in [-0.39, 0.29) is 0 Å². The summed E-state index contributed by atoms with van der Waals surface area (Å²) in [5.41, 5.74) is 1.32. The van der Waals surface area contributed by atoms with E-state index < -0.39 is 11.9 Å². The smallest absolute Gasteiger partial charge is 0.414 e. The van der Waals surface area contributed by atoms with Gasteiger partial charge in [-0.3, -0.25) is 4.99 Å². The summed E-state index contributed by atoms with van der Waals surface area (Å²) in [7, 11) is 0. The summed E-state index contributed by atoms with van der Waals surface area (Å²) in [6.45, 7) is 1.90. The van der Waals surface area contributed by atoms with E-state index in [2.05, 4.69) is 34.6 Å². The van der Waals surface area contributed by atoms with E-state index in [0.29, 0.717) is 0 Å². The molecule has 0 spiro atoms. The van der Waals surface area contributed by atoms with E-state index in [0.717, 1.165) is 19.5 Å². The van der Waals surface area contributed by atoms with E-state index in [1.165, 1.54) is 24.2 Å². The Morgan fingerprint density at radius 2 is 1.75 bits per heavy atom. The first kappa shape index (κ1) is 15.7. The minimum atomic E-state index is -1.82. The molecule has 0 radical (unpaired) electrons. The van der Waals surface area contributed by atoms with Gasteiger partial charge >= 0.3 is 11.9 Å². The highest BCUT2D eigenvalue weighted by Gasteiger charge is 2.04. The molecule has 2 rings (SSSR count). The largest absolute Gasteiger partial charge is 0.473 e. The number of carbonyl (C=O) groups is 2. The highest BCUT2D eigenvalue weighted by Crippen LogP contribution is 2.05. The number of aliphatic carboxylic acids is 2. The zero-order valence-electron chi connectivity index (χ0n) is 11.1. The summed E-state index contributed by atoms with van der Waals surface area (Å²) < 4.78 is 0. The molecule has 0 aliphatic carbocycles. The number of nitrogens with zero attached hydrogens (tertiary/aromatic N) is 1. The van der Waals surface area contributed by atoms with Crippen molar-refractivity contribution in [2.45, 2.75) is 25.8 Å². The molecular weight excluding hydrogens is 260 g/mol. The van der Waals surface area contributed by atoms with Crippen molar-refractivity contribution in [3.05, 3.63) is 35.9 Å². The summed E-state index contributed by atoms with van der Waals surface area (Å²) in [6, 6.07) is 10.5. The minimum Gasteiger partial charge on any atom is -0.473 e. The van der Waals surface area contributed by atoms with Crippen LogP contribution in [0.2, 0.25) is 0 Å². The van der Waals surface area contributed by atoms with Crippen LogP contribution in [0.25, 0.3) is 0 Å². The molecule has 0 saturated carbocycles. The molecule has 0 aromatic heterocycles. The second kappa shape index (κ2) is 8.68. The fraction of sp³-hybridized carbons (Fsp3) is 0.357. The predicted octanol–water partition coefficient (Wildman–Crippen LogP) is 1.51. The molecular formula is C14H18N2O4. The predicted molar refractivity (Wildman–Crippen MR) is 74.7 cm³/mol. The van der Waals surface area contributed by atoms with Crippen LogP contribution in [0.1, 0.15) is 24.8 Å². The second-order valence-electron chi connectivity index (χ2n) is 4.23. The molecule has 1 heterocycles. The van der Waals surface area contributed by atoms with Gasteiger partial charge in [0.15, 0.2) is 0 Å². The van der Waals surface area contributed by atoms with E-state index in [1.54, 1.807) is 0 Å². The average Bonchev–Trinajstić information content (AvgIpc) is 2.48. The second-order valence-corrected chi connectivity index (χ2v) is 4.23. The number of aliphatic imine (C=N–C) groups is 1. The van der Waals surface area contributed by atoms with E-state index in [4.69, 9.17) is 19.8 Å². The molecule has 20 heavy (non-hydrogen) atoms. The lowest BCUT2D eigenvalue weighted by Gasteiger charge is -2.13. The Morgan fingerprint density at radius 1 is 1.10 bits per heavy atom. The number of benzene rings is 1. The van der Waals surface area contributed by atoms with Crippen molar-refractivity contribution in [2.24, 2.45) is 4.99 Å². The molecule has 6 nitrogen and oxygen atoms in total. The van der Waals surface area contributed by atoms with Crippen LogP contribution in [0, 0.1) is 0 Å². The average molecular weight is 278 g/mol. The van der Waals surface area contributed by atoms with Gasteiger partial charge in [-0.15, -0.1) is 0 Å². The molecule has 1 aliphatic rings. The van der Waals surface area contributed by atoms with Crippen LogP contribution in [0.4, 0.5) is 0 Å². The van der Waals surface area contributed by atoms with Crippen molar-refractivity contribution in [3.8, 4) is 0 Å². The van der Waals surface area contributed by atoms with Gasteiger partial charge in [0.1, 0.15) is 0 Å². The number of hydrogen-bond donors (Lipinski definition) is 3. The van der Waals surface area contributed by atoms with Crippen LogP contribution in [-0.4, -0.2) is 34.5 Å². The monoisotopic (exact) mass is 278 g/mol. The Hall–Kier alpha value is -2.37. The van der Waals surface area contributed by atoms with Gasteiger partial charge in [0, 0.05) is 19.5 Å². The summed E-state index contributed by atoms with van der Waals surface area (Å²) in [4.78, 5) is 22.6. The SMILES string of the molecule is O=C(O)C(=O)O.c1ccc(CNC2=NCCCC2)cc1. The van der Waals surface area contributed by atoms with Gasteiger partial charge in [-0.1, -0.05) is 30.3 Å². The molecule has 0 atom stereocenters. The van der Waals surface area contributed by atoms with Crippen molar-refractivity contribution < 1.29 is 19.8 Å². The highest BCUT2D eigenvalue weighted by atomic mass is 16.4. The van der Waals surface area contributed by atoms with Gasteiger partial charge in [-0.2, -0.15) is 0 Å². The van der Waals surface area contributed by atoms with Crippen LogP contribution in [0.5, 0.6) is 0 Å². The van der Waals surface area contributed by atoms with Crippen LogP contribution in [-0.2, 0) is 16.1 Å². The number of carboxylic acids is 2. The maximum atomic E-state index is 9.10. The van der Waals surface area contributed by atoms with Gasteiger partial charge in [-0.05, 0) is 18.4 Å². The fourth-order valence-electron chi connectivity index (χ4n) is 1.64. The van der Waals surface area contributed by atoms with Gasteiger partial charge in [0.25, 0.3) is 0 Å². The standard InChI is InChI=1S/C12H16N2.C2H2O4/c1-2-6-11(7-3-1)10-14-12-8-4-5-9-13-12;3-1(4)2(5)6/h1-3,6-7H,4-5,8-10H2,(H,13,14);(H,3,4)(H,5,6). The van der Waals surface area contributed by atoms with E-state index >= 15 is 0 Å². The Labute approximate surface area is 117 Å². The third-order valence-electron chi connectivity index (χ3n) is 2.65. The van der Waals surface area contributed by atoms with Crippen molar-refractivity contribution in [3.63, 3.8) is 0 Å². The first-order valence-corrected chi connectivity index (χ1v) is 6.37. The summed E-state index contributed by atoms with van der Waals surface area (Å²) in [6.07, 6.45) is 3.64. The van der Waals surface area contributed by atoms with Crippen molar-refractivity contribution in [2.75, 3.05) is 6.54 Å². The molecule has 0 amide bonds. The lowest BCUT2D eigenvalue weighted by Crippen LogP contribution is -2.25. The molecule has 6 heteroatoms. The molecule has 0 saturated heterocycles. The zero-order chi connectivity index (χ0) is 14.8. The van der Waals surface area contributed by atoms with Gasteiger partial charge < -0.3 is 15.5 Å². The molecule has 3 N–H and O–H groups in total. The van der Waals surface area contributed by atoms with Crippen LogP contribution in [0.15, 0.2) is 35.3 Å². The zero-order valence-corrected chi connectivity index (χ0v) is 11.1.